The summed E-state index contributed by atoms with van der Waals surface area (Å²) in [5.41, 5.74) is 0. The van der Waals surface area contributed by atoms with Gasteiger partial charge in [-0.05, 0) is 12.2 Å². The summed E-state index contributed by atoms with van der Waals surface area (Å²) in [5, 5.41) is 2.63. The third-order valence-corrected chi connectivity index (χ3v) is 2.20. The third kappa shape index (κ3) is 9.76. The highest BCUT2D eigenvalue weighted by Gasteiger charge is 2.14. The largest absolute Gasteiger partial charge is 0.473 e. The molecule has 0 spiro atoms. The van der Waals surface area contributed by atoms with E-state index < -0.39 is 0 Å². The Morgan fingerprint density at radius 2 is 2.07 bits per heavy atom. The number of thiocarbonyl (C=S) groups is 1. The van der Waals surface area contributed by atoms with E-state index in [1.54, 1.807) is 0 Å². The summed E-state index contributed by atoms with van der Waals surface area (Å²) in [6.07, 6.45) is 0. The molecule has 0 saturated heterocycles. The molecule has 0 bridgehead atoms. The Kier molecular flexibility index (Phi) is 6.06. The molecule has 14 heavy (non-hydrogen) atoms. The maximum absolute atomic E-state index is 10.5. The van der Waals surface area contributed by atoms with Crippen molar-refractivity contribution in [1.29, 1.82) is 0 Å². The first-order valence-corrected chi connectivity index (χ1v) is 5.41. The summed E-state index contributed by atoms with van der Waals surface area (Å²) in [6, 6.07) is 0. The molecule has 6 heteroatoms. The lowest BCUT2D eigenvalue weighted by molar-refractivity contribution is -0.725. The number of quaternary nitrogens is 1. The minimum absolute atomic E-state index is 0.0567. The molecule has 0 aromatic carbocycles. The second kappa shape index (κ2) is 6.21. The summed E-state index contributed by atoms with van der Waals surface area (Å²) < 4.78 is 6.40. The van der Waals surface area contributed by atoms with Crippen LogP contribution in [0.15, 0.2) is 0 Å². The second-order valence-electron chi connectivity index (χ2n) is 3.56. The molecule has 0 aromatic rings. The quantitative estimate of drug-likeness (QED) is 0.339. The van der Waals surface area contributed by atoms with E-state index in [0.717, 1.165) is 0 Å². The number of rotatable bonds is 4. The number of nitrogens with zero attached hydrogens (tertiary/aromatic N) is 1. The molecule has 0 aliphatic heterocycles. The van der Waals surface area contributed by atoms with Gasteiger partial charge in [-0.3, -0.25) is 8.68 Å². The lowest BCUT2D eigenvalue weighted by Crippen LogP contribution is -2.29. The number of ether oxygens (including phenoxy) is 1. The van der Waals surface area contributed by atoms with Gasteiger partial charge in [-0.15, -0.1) is 0 Å². The maximum atomic E-state index is 10.5. The van der Waals surface area contributed by atoms with Crippen molar-refractivity contribution >= 4 is 34.5 Å². The van der Waals surface area contributed by atoms with Gasteiger partial charge in [0.15, 0.2) is 11.9 Å². The van der Waals surface area contributed by atoms with E-state index in [0.29, 0.717) is 21.4 Å². The molecule has 0 atom stereocenters. The minimum Gasteiger partial charge on any atom is -0.473 e. The molecular weight excluding hydrogens is 220 g/mol. The van der Waals surface area contributed by atoms with Gasteiger partial charge in [0.2, 0.25) is 5.91 Å². The number of amides is 1. The average molecular weight is 237 g/mol. The van der Waals surface area contributed by atoms with Crippen molar-refractivity contribution < 1.29 is 13.4 Å². The lowest BCUT2D eigenvalue weighted by atomic mass is 10.6. The van der Waals surface area contributed by atoms with Gasteiger partial charge in [0.25, 0.3) is 4.38 Å². The highest BCUT2D eigenvalue weighted by molar-refractivity contribution is 8.18. The Morgan fingerprint density at radius 1 is 1.50 bits per heavy atom. The predicted molar refractivity (Wildman–Crippen MR) is 62.9 cm³/mol. The van der Waals surface area contributed by atoms with Crippen LogP contribution in [0.25, 0.3) is 0 Å². The monoisotopic (exact) mass is 237 g/mol. The minimum atomic E-state index is -0.0567. The van der Waals surface area contributed by atoms with E-state index in [2.05, 4.69) is 5.32 Å². The molecule has 82 valence electrons. The molecule has 0 aromatic heterocycles. The van der Waals surface area contributed by atoms with Crippen LogP contribution in [0.3, 0.4) is 0 Å². The Balaban J connectivity index is 3.50. The van der Waals surface area contributed by atoms with E-state index in [1.165, 1.54) is 18.9 Å². The summed E-state index contributed by atoms with van der Waals surface area (Å²) in [6.45, 7) is 2.39. The van der Waals surface area contributed by atoms with E-state index in [1.807, 2.05) is 21.1 Å². The molecule has 4 nitrogen and oxygen atoms in total. The van der Waals surface area contributed by atoms with Crippen LogP contribution < -0.4 is 5.32 Å². The van der Waals surface area contributed by atoms with E-state index in [9.17, 15) is 4.79 Å². The van der Waals surface area contributed by atoms with Crippen LogP contribution in [-0.4, -0.2) is 48.5 Å². The van der Waals surface area contributed by atoms with Crippen LogP contribution in [0.4, 0.5) is 0 Å². The van der Waals surface area contributed by atoms with Crippen molar-refractivity contribution in [3.05, 3.63) is 0 Å². The SMILES string of the molecule is CC(=O)NCCOC(=S)S[N+](C)(C)C. The molecule has 0 rings (SSSR count). The number of nitrogens with one attached hydrogen (secondary N) is 1. The van der Waals surface area contributed by atoms with Crippen LogP contribution in [0, 0.1) is 0 Å². The zero-order valence-corrected chi connectivity index (χ0v) is 10.6. The lowest BCUT2D eigenvalue weighted by Gasteiger charge is -2.20. The summed E-state index contributed by atoms with van der Waals surface area (Å²) >= 11 is 6.44. The van der Waals surface area contributed by atoms with Crippen molar-refractivity contribution in [3.8, 4) is 0 Å². The summed E-state index contributed by atoms with van der Waals surface area (Å²) in [4.78, 5) is 10.5. The van der Waals surface area contributed by atoms with Crippen molar-refractivity contribution in [2.24, 2.45) is 0 Å². The fourth-order valence-corrected chi connectivity index (χ4v) is 1.95. The topological polar surface area (TPSA) is 38.3 Å². The van der Waals surface area contributed by atoms with Gasteiger partial charge in [-0.1, -0.05) is 0 Å². The highest BCUT2D eigenvalue weighted by atomic mass is 32.2. The fraction of sp³-hybridized carbons (Fsp3) is 0.750. The molecule has 1 N–H and O–H groups in total. The van der Waals surface area contributed by atoms with Gasteiger partial charge in [-0.25, -0.2) is 0 Å². The molecule has 0 aliphatic carbocycles. The predicted octanol–water partition coefficient (Wildman–Crippen LogP) is 0.778. The van der Waals surface area contributed by atoms with Crippen molar-refractivity contribution in [1.82, 2.24) is 5.32 Å². The second-order valence-corrected chi connectivity index (χ2v) is 5.84. The van der Waals surface area contributed by atoms with Crippen LogP contribution in [0.2, 0.25) is 0 Å². The molecule has 1 amide bonds. The Hall–Kier alpha value is -0.330. The van der Waals surface area contributed by atoms with Gasteiger partial charge >= 0.3 is 0 Å². The summed E-state index contributed by atoms with van der Waals surface area (Å²) in [5.74, 6) is -0.0567. The Morgan fingerprint density at radius 3 is 2.50 bits per heavy atom. The number of carbonyl (C=O) groups is 1. The first-order valence-electron chi connectivity index (χ1n) is 4.23. The Bertz CT molecular complexity index is 214. The average Bonchev–Trinajstić information content (AvgIpc) is 1.94. The molecular formula is C8H17N2O2S2+. The smallest absolute Gasteiger partial charge is 0.279 e. The zero-order valence-electron chi connectivity index (χ0n) is 8.99. The molecule has 0 heterocycles. The van der Waals surface area contributed by atoms with Crippen molar-refractivity contribution in [2.45, 2.75) is 6.92 Å². The molecule has 0 unspecified atom stereocenters. The fourth-order valence-electron chi connectivity index (χ4n) is 0.611. The third-order valence-electron chi connectivity index (χ3n) is 1.04. The standard InChI is InChI=1S/C8H16N2O2S2/c1-7(11)9-5-6-12-8(13)14-10(2,3)4/h5-6H2,1-4H3/p+1. The first-order chi connectivity index (χ1) is 6.31. The van der Waals surface area contributed by atoms with Crippen LogP contribution in [0.1, 0.15) is 6.92 Å². The van der Waals surface area contributed by atoms with Gasteiger partial charge in [0, 0.05) is 6.92 Å². The van der Waals surface area contributed by atoms with E-state index >= 15 is 0 Å². The molecule has 0 fully saturated rings. The molecule has 0 aliphatic rings. The van der Waals surface area contributed by atoms with Gasteiger partial charge in [-0.2, -0.15) is 0 Å². The highest BCUT2D eigenvalue weighted by Crippen LogP contribution is 2.15. The number of hydrogen-bond donors (Lipinski definition) is 1. The van der Waals surface area contributed by atoms with Gasteiger partial charge in [0.05, 0.1) is 27.7 Å². The normalized spacial score (nSPS) is 10.9. The summed E-state index contributed by atoms with van der Waals surface area (Å²) in [7, 11) is 6.02. The van der Waals surface area contributed by atoms with Gasteiger partial charge < -0.3 is 10.1 Å². The van der Waals surface area contributed by atoms with E-state index in [4.69, 9.17) is 17.0 Å². The van der Waals surface area contributed by atoms with Crippen LogP contribution >= 0.6 is 24.2 Å². The van der Waals surface area contributed by atoms with Crippen molar-refractivity contribution in [3.63, 3.8) is 0 Å². The van der Waals surface area contributed by atoms with Crippen molar-refractivity contribution in [2.75, 3.05) is 34.3 Å². The van der Waals surface area contributed by atoms with Gasteiger partial charge in [0.1, 0.15) is 6.61 Å². The Labute approximate surface area is 94.7 Å². The zero-order chi connectivity index (χ0) is 11.2. The molecule has 0 radical (unpaired) electrons. The molecule has 0 saturated carbocycles. The van der Waals surface area contributed by atoms with Crippen LogP contribution in [-0.2, 0) is 9.53 Å². The van der Waals surface area contributed by atoms with E-state index in [-0.39, 0.29) is 5.91 Å². The number of hydrogen-bond acceptors (Lipinski definition) is 4. The number of carbonyl (C=O) groups excluding carboxylic acids is 1. The first kappa shape index (κ1) is 13.7. The maximum Gasteiger partial charge on any atom is 0.279 e. The van der Waals surface area contributed by atoms with Crippen LogP contribution in [0.5, 0.6) is 0 Å².